The molecule has 9 heteroatoms. The van der Waals surface area contributed by atoms with E-state index in [9.17, 15) is 14.7 Å². The average molecular weight is 523 g/mol. The minimum Gasteiger partial charge on any atom is -0.507 e. The van der Waals surface area contributed by atoms with Crippen molar-refractivity contribution in [2.45, 2.75) is 31.9 Å². The molecule has 0 bridgehead atoms. The maximum atomic E-state index is 13.5. The number of hydrogen-bond donors (Lipinski definition) is 1. The fraction of sp³-hybridized carbons (Fsp3) is 0.448. The Hall–Kier alpha value is -3.56. The number of carbonyl (C=O) groups excluding carboxylic acids is 2. The van der Waals surface area contributed by atoms with Crippen molar-refractivity contribution >= 4 is 17.4 Å². The Bertz CT molecular complexity index is 1250. The summed E-state index contributed by atoms with van der Waals surface area (Å²) >= 11 is 0. The van der Waals surface area contributed by atoms with Gasteiger partial charge in [0.2, 0.25) is 0 Å². The molecular formula is C29H34N2O7. The normalized spacial score (nSPS) is 22.9. The van der Waals surface area contributed by atoms with Crippen LogP contribution in [0.3, 0.4) is 0 Å². The maximum absolute atomic E-state index is 13.5. The minimum atomic E-state index is -0.802. The summed E-state index contributed by atoms with van der Waals surface area (Å²) in [6.45, 7) is 6.19. The molecule has 1 amide bonds. The molecule has 2 saturated heterocycles. The summed E-state index contributed by atoms with van der Waals surface area (Å²) in [7, 11) is 3.09. The number of Topliss-reactive ketones (excluding diaryl/α,β-unsaturated/α-hetero) is 1. The highest BCUT2D eigenvalue weighted by atomic mass is 16.5. The number of aliphatic hydroxyl groups excluding tert-OH is 1. The van der Waals surface area contributed by atoms with Crippen LogP contribution in [0.2, 0.25) is 0 Å². The third-order valence-corrected chi connectivity index (χ3v) is 7.42. The third kappa shape index (κ3) is 4.96. The lowest BCUT2D eigenvalue weighted by atomic mass is 9.93. The number of aliphatic hydroxyl groups is 1. The van der Waals surface area contributed by atoms with Gasteiger partial charge < -0.3 is 29.0 Å². The zero-order valence-electron chi connectivity index (χ0n) is 22.1. The molecule has 2 atom stereocenters. The topological polar surface area (TPSA) is 97.8 Å². The molecule has 2 aromatic carbocycles. The van der Waals surface area contributed by atoms with Crippen molar-refractivity contribution in [1.29, 1.82) is 0 Å². The Kier molecular flexibility index (Phi) is 7.58. The molecule has 0 saturated carbocycles. The molecule has 1 N–H and O–H groups in total. The minimum absolute atomic E-state index is 0.0444. The maximum Gasteiger partial charge on any atom is 0.295 e. The number of ketones is 1. The van der Waals surface area contributed by atoms with Gasteiger partial charge in [0.1, 0.15) is 29.1 Å². The van der Waals surface area contributed by atoms with Crippen LogP contribution in [-0.4, -0.2) is 86.3 Å². The van der Waals surface area contributed by atoms with E-state index in [0.717, 1.165) is 30.9 Å². The molecule has 0 aliphatic carbocycles. The molecule has 5 rings (SSSR count). The molecule has 38 heavy (non-hydrogen) atoms. The van der Waals surface area contributed by atoms with Crippen molar-refractivity contribution in [2.75, 3.05) is 53.6 Å². The summed E-state index contributed by atoms with van der Waals surface area (Å²) in [4.78, 5) is 30.7. The highest BCUT2D eigenvalue weighted by Crippen LogP contribution is 2.44. The van der Waals surface area contributed by atoms with Crippen LogP contribution in [0.25, 0.3) is 5.76 Å². The fourth-order valence-corrected chi connectivity index (χ4v) is 5.49. The van der Waals surface area contributed by atoms with Gasteiger partial charge in [-0.15, -0.1) is 0 Å². The average Bonchev–Trinajstić information content (AvgIpc) is 3.43. The van der Waals surface area contributed by atoms with Crippen LogP contribution in [0.1, 0.15) is 36.1 Å². The monoisotopic (exact) mass is 522 g/mol. The van der Waals surface area contributed by atoms with E-state index in [2.05, 4.69) is 4.90 Å². The summed E-state index contributed by atoms with van der Waals surface area (Å²) in [6, 6.07) is 9.83. The van der Waals surface area contributed by atoms with Gasteiger partial charge in [0.25, 0.3) is 11.7 Å². The van der Waals surface area contributed by atoms with E-state index in [1.807, 2.05) is 13.0 Å². The highest BCUT2D eigenvalue weighted by molar-refractivity contribution is 6.46. The van der Waals surface area contributed by atoms with Crippen LogP contribution in [-0.2, 0) is 20.7 Å². The number of carbonyl (C=O) groups is 2. The smallest absolute Gasteiger partial charge is 0.295 e. The molecule has 0 radical (unpaired) electrons. The van der Waals surface area contributed by atoms with Gasteiger partial charge in [0.15, 0.2) is 0 Å². The Labute approximate surface area is 222 Å². The largest absolute Gasteiger partial charge is 0.507 e. The summed E-state index contributed by atoms with van der Waals surface area (Å²) in [5.41, 5.74) is 2.10. The first-order valence-corrected chi connectivity index (χ1v) is 13.0. The van der Waals surface area contributed by atoms with Gasteiger partial charge in [-0.05, 0) is 49.2 Å². The second-order valence-corrected chi connectivity index (χ2v) is 9.86. The van der Waals surface area contributed by atoms with E-state index < -0.39 is 17.7 Å². The standard InChI is InChI=1S/C29H34N2O7/c1-18-15-20-16-19(5-8-23(20)38-18)27(32)25-26(22-7-6-21(35-2)17-24(22)36-3)31(29(34)28(25)33)10-4-9-30-11-13-37-14-12-30/h5-8,16-18,26,32H,4,9-15H2,1-3H3/b27-25+. The Morgan fingerprint density at radius 2 is 1.84 bits per heavy atom. The fourth-order valence-electron chi connectivity index (χ4n) is 5.49. The van der Waals surface area contributed by atoms with Crippen molar-refractivity contribution in [1.82, 2.24) is 9.80 Å². The van der Waals surface area contributed by atoms with Gasteiger partial charge in [-0.2, -0.15) is 0 Å². The zero-order valence-corrected chi connectivity index (χ0v) is 22.1. The summed E-state index contributed by atoms with van der Waals surface area (Å²) < 4.78 is 22.2. The number of fused-ring (bicyclic) bond motifs is 1. The second kappa shape index (κ2) is 11.0. The number of hydrogen-bond acceptors (Lipinski definition) is 8. The lowest BCUT2D eigenvalue weighted by molar-refractivity contribution is -0.140. The zero-order chi connectivity index (χ0) is 26.8. The van der Waals surface area contributed by atoms with Crippen molar-refractivity contribution in [3.05, 3.63) is 58.7 Å². The van der Waals surface area contributed by atoms with Crippen molar-refractivity contribution < 1.29 is 33.6 Å². The summed E-state index contributed by atoms with van der Waals surface area (Å²) in [6.07, 6.45) is 1.43. The predicted octanol–water partition coefficient (Wildman–Crippen LogP) is 3.17. The molecule has 202 valence electrons. The molecular weight excluding hydrogens is 488 g/mol. The number of amides is 1. The van der Waals surface area contributed by atoms with Gasteiger partial charge >= 0.3 is 0 Å². The molecule has 3 aliphatic heterocycles. The second-order valence-electron chi connectivity index (χ2n) is 9.86. The van der Waals surface area contributed by atoms with Gasteiger partial charge in [-0.25, -0.2) is 0 Å². The van der Waals surface area contributed by atoms with Crippen molar-refractivity contribution in [2.24, 2.45) is 0 Å². The van der Waals surface area contributed by atoms with Crippen LogP contribution in [0.15, 0.2) is 42.0 Å². The summed E-state index contributed by atoms with van der Waals surface area (Å²) in [5.74, 6) is 0.283. The van der Waals surface area contributed by atoms with E-state index in [1.165, 1.54) is 7.11 Å². The number of benzene rings is 2. The van der Waals surface area contributed by atoms with Crippen LogP contribution >= 0.6 is 0 Å². The predicted molar refractivity (Wildman–Crippen MR) is 141 cm³/mol. The van der Waals surface area contributed by atoms with E-state index in [1.54, 1.807) is 42.3 Å². The van der Waals surface area contributed by atoms with Crippen LogP contribution in [0.4, 0.5) is 0 Å². The van der Waals surface area contributed by atoms with Gasteiger partial charge in [0, 0.05) is 49.8 Å². The molecule has 2 fully saturated rings. The van der Waals surface area contributed by atoms with Crippen LogP contribution in [0, 0.1) is 0 Å². The van der Waals surface area contributed by atoms with Gasteiger partial charge in [-0.1, -0.05) is 0 Å². The van der Waals surface area contributed by atoms with E-state index in [0.29, 0.717) is 55.2 Å². The third-order valence-electron chi connectivity index (χ3n) is 7.42. The van der Waals surface area contributed by atoms with E-state index in [-0.39, 0.29) is 17.4 Å². The van der Waals surface area contributed by atoms with E-state index >= 15 is 0 Å². The van der Waals surface area contributed by atoms with Crippen molar-refractivity contribution in [3.63, 3.8) is 0 Å². The lowest BCUT2D eigenvalue weighted by Gasteiger charge is -2.29. The Morgan fingerprint density at radius 3 is 2.58 bits per heavy atom. The number of morpholine rings is 1. The quantitative estimate of drug-likeness (QED) is 0.321. The molecule has 0 spiro atoms. The molecule has 2 aromatic rings. The van der Waals surface area contributed by atoms with Crippen LogP contribution < -0.4 is 14.2 Å². The number of ether oxygens (including phenoxy) is 4. The van der Waals surface area contributed by atoms with Crippen LogP contribution in [0.5, 0.6) is 17.2 Å². The Morgan fingerprint density at radius 1 is 1.05 bits per heavy atom. The lowest BCUT2D eigenvalue weighted by Crippen LogP contribution is -2.39. The molecule has 3 heterocycles. The number of methoxy groups -OCH3 is 2. The van der Waals surface area contributed by atoms with Gasteiger partial charge in [-0.3, -0.25) is 14.5 Å². The Balaban J connectivity index is 1.53. The highest BCUT2D eigenvalue weighted by Gasteiger charge is 2.47. The first-order chi connectivity index (χ1) is 18.4. The van der Waals surface area contributed by atoms with Gasteiger partial charge in [0.05, 0.1) is 39.0 Å². The first kappa shape index (κ1) is 26.1. The number of rotatable bonds is 8. The first-order valence-electron chi connectivity index (χ1n) is 13.0. The molecule has 9 nitrogen and oxygen atoms in total. The summed E-state index contributed by atoms with van der Waals surface area (Å²) in [5, 5.41) is 11.5. The molecule has 3 aliphatic rings. The SMILES string of the molecule is COc1ccc(C2/C(=C(\O)c3ccc4c(c3)CC(C)O4)C(=O)C(=O)N2CCCN2CCOCC2)c(OC)c1. The molecule has 2 unspecified atom stereocenters. The number of nitrogens with zero attached hydrogens (tertiary/aromatic N) is 2. The molecule has 0 aromatic heterocycles. The van der Waals surface area contributed by atoms with E-state index in [4.69, 9.17) is 18.9 Å². The van der Waals surface area contributed by atoms with Crippen molar-refractivity contribution in [3.8, 4) is 17.2 Å². The number of likely N-dealkylation sites (tertiary alicyclic amines) is 1.